The van der Waals surface area contributed by atoms with E-state index in [0.29, 0.717) is 17.1 Å². The molecule has 2 rings (SSSR count). The minimum absolute atomic E-state index is 0.202. The van der Waals surface area contributed by atoms with Gasteiger partial charge in [-0.25, -0.2) is 0 Å². The summed E-state index contributed by atoms with van der Waals surface area (Å²) in [5, 5.41) is 14.2. The van der Waals surface area contributed by atoms with Crippen LogP contribution in [0.4, 0.5) is 0 Å². The lowest BCUT2D eigenvalue weighted by atomic mass is 10.1. The molecule has 1 heterocycles. The number of para-hydroxylation sites is 1. The van der Waals surface area contributed by atoms with Gasteiger partial charge < -0.3 is 10.8 Å². The summed E-state index contributed by atoms with van der Waals surface area (Å²) in [5.41, 5.74) is 6.68. The Morgan fingerprint density at radius 1 is 1.44 bits per heavy atom. The van der Waals surface area contributed by atoms with Crippen molar-refractivity contribution in [3.05, 3.63) is 47.2 Å². The molecule has 0 spiro atoms. The number of phenols is 1. The fourth-order valence-electron chi connectivity index (χ4n) is 1.54. The van der Waals surface area contributed by atoms with Gasteiger partial charge in [0.25, 0.3) is 0 Å². The topological polar surface area (TPSA) is 64.1 Å². The molecule has 0 aliphatic heterocycles. The van der Waals surface area contributed by atoms with Crippen molar-refractivity contribution in [2.75, 3.05) is 0 Å². The Morgan fingerprint density at radius 2 is 2.19 bits per heavy atom. The van der Waals surface area contributed by atoms with Crippen molar-refractivity contribution in [1.82, 2.24) is 9.78 Å². The zero-order valence-electron chi connectivity index (χ0n) is 8.55. The highest BCUT2D eigenvalue weighted by molar-refractivity contribution is 6.30. The number of aromatic hydroxyl groups is 1. The summed E-state index contributed by atoms with van der Waals surface area (Å²) in [6, 6.07) is 6.70. The zero-order valence-corrected chi connectivity index (χ0v) is 9.30. The minimum Gasteiger partial charge on any atom is -0.508 e. The van der Waals surface area contributed by atoms with Gasteiger partial charge in [-0.2, -0.15) is 5.10 Å². The molecule has 84 valence electrons. The van der Waals surface area contributed by atoms with Crippen LogP contribution in [0.2, 0.25) is 5.02 Å². The molecular weight excluding hydrogens is 226 g/mol. The summed E-state index contributed by atoms with van der Waals surface area (Å²) < 4.78 is 1.65. The Labute approximate surface area is 98.3 Å². The Hall–Kier alpha value is -1.52. The van der Waals surface area contributed by atoms with Crippen molar-refractivity contribution < 1.29 is 5.11 Å². The smallest absolute Gasteiger partial charge is 0.120 e. The van der Waals surface area contributed by atoms with Crippen LogP contribution in [0.3, 0.4) is 0 Å². The second-order valence-electron chi connectivity index (χ2n) is 3.55. The molecule has 0 fully saturated rings. The van der Waals surface area contributed by atoms with Gasteiger partial charge in [-0.3, -0.25) is 4.68 Å². The molecule has 0 aliphatic rings. The molecule has 0 aliphatic carbocycles. The summed E-state index contributed by atoms with van der Waals surface area (Å²) in [4.78, 5) is 0. The van der Waals surface area contributed by atoms with Crippen LogP contribution in [0.25, 0.3) is 0 Å². The largest absolute Gasteiger partial charge is 0.508 e. The predicted molar refractivity (Wildman–Crippen MR) is 62.3 cm³/mol. The van der Waals surface area contributed by atoms with Gasteiger partial charge in [0.05, 0.1) is 23.8 Å². The van der Waals surface area contributed by atoms with E-state index >= 15 is 0 Å². The van der Waals surface area contributed by atoms with Crippen molar-refractivity contribution in [3.63, 3.8) is 0 Å². The fourth-order valence-corrected chi connectivity index (χ4v) is 1.70. The van der Waals surface area contributed by atoms with Crippen LogP contribution in [0.15, 0.2) is 36.7 Å². The molecule has 4 nitrogen and oxygen atoms in total. The molecule has 1 unspecified atom stereocenters. The molecular formula is C11H12ClN3O. The van der Waals surface area contributed by atoms with Crippen LogP contribution in [0.5, 0.6) is 5.75 Å². The molecule has 0 bridgehead atoms. The lowest BCUT2D eigenvalue weighted by Gasteiger charge is -2.13. The van der Waals surface area contributed by atoms with Gasteiger partial charge in [0.1, 0.15) is 5.75 Å². The molecule has 1 aromatic heterocycles. The van der Waals surface area contributed by atoms with Gasteiger partial charge in [0, 0.05) is 11.8 Å². The van der Waals surface area contributed by atoms with Crippen molar-refractivity contribution in [1.29, 1.82) is 0 Å². The van der Waals surface area contributed by atoms with Crippen LogP contribution in [0, 0.1) is 0 Å². The highest BCUT2D eigenvalue weighted by Gasteiger charge is 2.11. The monoisotopic (exact) mass is 237 g/mol. The zero-order chi connectivity index (χ0) is 11.5. The summed E-state index contributed by atoms with van der Waals surface area (Å²) in [7, 11) is 0. The van der Waals surface area contributed by atoms with Gasteiger partial charge in [0.15, 0.2) is 0 Å². The first kappa shape index (κ1) is 11.0. The number of hydrogen-bond donors (Lipinski definition) is 2. The molecule has 2 aromatic rings. The highest BCUT2D eigenvalue weighted by Crippen LogP contribution is 2.23. The lowest BCUT2D eigenvalue weighted by Crippen LogP contribution is -2.17. The number of halogens is 1. The van der Waals surface area contributed by atoms with E-state index in [-0.39, 0.29) is 11.8 Å². The first-order valence-electron chi connectivity index (χ1n) is 4.88. The molecule has 0 radical (unpaired) electrons. The highest BCUT2D eigenvalue weighted by atomic mass is 35.5. The molecule has 0 saturated heterocycles. The Balaban J connectivity index is 2.14. The van der Waals surface area contributed by atoms with E-state index in [0.717, 1.165) is 0 Å². The maximum atomic E-state index is 9.63. The minimum atomic E-state index is -0.308. The first-order chi connectivity index (χ1) is 7.66. The Morgan fingerprint density at radius 3 is 2.81 bits per heavy atom. The fraction of sp³-hybridized carbons (Fsp3) is 0.182. The molecule has 16 heavy (non-hydrogen) atoms. The number of nitrogens with two attached hydrogens (primary N) is 1. The second kappa shape index (κ2) is 4.55. The third kappa shape index (κ3) is 2.35. The van der Waals surface area contributed by atoms with E-state index in [1.165, 1.54) is 0 Å². The molecule has 0 amide bonds. The molecule has 1 aromatic carbocycles. The molecule has 1 atom stereocenters. The van der Waals surface area contributed by atoms with Crippen LogP contribution in [0.1, 0.15) is 11.6 Å². The third-order valence-electron chi connectivity index (χ3n) is 2.32. The molecule has 0 saturated carbocycles. The average Bonchev–Trinajstić information content (AvgIpc) is 2.64. The van der Waals surface area contributed by atoms with Gasteiger partial charge >= 0.3 is 0 Å². The molecule has 3 N–H and O–H groups in total. The van der Waals surface area contributed by atoms with Crippen molar-refractivity contribution >= 4 is 11.6 Å². The lowest BCUT2D eigenvalue weighted by molar-refractivity contribution is 0.448. The van der Waals surface area contributed by atoms with E-state index < -0.39 is 0 Å². The second-order valence-corrected chi connectivity index (χ2v) is 3.98. The predicted octanol–water partition coefficient (Wildman–Crippen LogP) is 1.94. The normalized spacial score (nSPS) is 12.6. The van der Waals surface area contributed by atoms with E-state index in [9.17, 15) is 5.11 Å². The first-order valence-corrected chi connectivity index (χ1v) is 5.26. The third-order valence-corrected chi connectivity index (χ3v) is 2.52. The Bertz CT molecular complexity index is 484. The van der Waals surface area contributed by atoms with Crippen LogP contribution in [-0.4, -0.2) is 14.9 Å². The number of benzene rings is 1. The average molecular weight is 238 g/mol. The number of rotatable bonds is 3. The van der Waals surface area contributed by atoms with Gasteiger partial charge in [-0.15, -0.1) is 0 Å². The summed E-state index contributed by atoms with van der Waals surface area (Å²) >= 11 is 5.75. The summed E-state index contributed by atoms with van der Waals surface area (Å²) in [5.74, 6) is 0.202. The maximum Gasteiger partial charge on any atom is 0.120 e. The van der Waals surface area contributed by atoms with Crippen LogP contribution in [-0.2, 0) is 6.54 Å². The number of nitrogens with zero attached hydrogens (tertiary/aromatic N) is 2. The Kier molecular flexibility index (Phi) is 3.12. The van der Waals surface area contributed by atoms with Crippen LogP contribution < -0.4 is 5.73 Å². The van der Waals surface area contributed by atoms with Crippen molar-refractivity contribution in [3.8, 4) is 5.75 Å². The summed E-state index contributed by atoms with van der Waals surface area (Å²) in [6.45, 7) is 0.476. The maximum absolute atomic E-state index is 9.63. The van der Waals surface area contributed by atoms with Crippen molar-refractivity contribution in [2.24, 2.45) is 5.73 Å². The van der Waals surface area contributed by atoms with Crippen molar-refractivity contribution in [2.45, 2.75) is 12.6 Å². The number of phenolic OH excluding ortho intramolecular Hbond substituents is 1. The van der Waals surface area contributed by atoms with Gasteiger partial charge in [-0.05, 0) is 6.07 Å². The van der Waals surface area contributed by atoms with E-state index in [4.69, 9.17) is 17.3 Å². The summed E-state index contributed by atoms with van der Waals surface area (Å²) in [6.07, 6.45) is 3.25. The quantitative estimate of drug-likeness (QED) is 0.858. The van der Waals surface area contributed by atoms with Gasteiger partial charge in [-0.1, -0.05) is 29.8 Å². The standard InChI is InChI=1S/C11H12ClN3O/c12-8-5-14-15(6-8)7-10(13)9-3-1-2-4-11(9)16/h1-6,10,16H,7,13H2. The van der Waals surface area contributed by atoms with Gasteiger partial charge in [0.2, 0.25) is 0 Å². The number of hydrogen-bond acceptors (Lipinski definition) is 3. The van der Waals surface area contributed by atoms with Crippen LogP contribution >= 0.6 is 11.6 Å². The number of aromatic nitrogens is 2. The SMILES string of the molecule is NC(Cn1cc(Cl)cn1)c1ccccc1O. The van der Waals surface area contributed by atoms with E-state index in [1.807, 2.05) is 6.07 Å². The molecule has 5 heteroatoms. The van der Waals surface area contributed by atoms with E-state index in [2.05, 4.69) is 5.10 Å². The van der Waals surface area contributed by atoms with E-state index in [1.54, 1.807) is 35.3 Å².